The minimum atomic E-state index is -0.211. The normalized spacial score (nSPS) is 12.2. The highest BCUT2D eigenvalue weighted by molar-refractivity contribution is 7.12. The van der Waals surface area contributed by atoms with Crippen molar-refractivity contribution in [2.75, 3.05) is 0 Å². The molecule has 6 heteroatoms. The summed E-state index contributed by atoms with van der Waals surface area (Å²) < 4.78 is 1.65. The molecule has 2 aromatic rings. The third kappa shape index (κ3) is 3.14. The Morgan fingerprint density at radius 2 is 2.25 bits per heavy atom. The lowest BCUT2D eigenvalue weighted by atomic mass is 10.1. The van der Waals surface area contributed by atoms with Crippen molar-refractivity contribution in [3.8, 4) is 0 Å². The highest BCUT2D eigenvalue weighted by Crippen LogP contribution is 2.13. The molecule has 1 amide bonds. The van der Waals surface area contributed by atoms with Gasteiger partial charge in [0.15, 0.2) is 5.78 Å². The van der Waals surface area contributed by atoms with Crippen molar-refractivity contribution in [2.24, 2.45) is 7.05 Å². The molecular formula is C14H17N3O2S. The summed E-state index contributed by atoms with van der Waals surface area (Å²) >= 11 is 1.42. The van der Waals surface area contributed by atoms with Crippen molar-refractivity contribution in [1.29, 1.82) is 0 Å². The van der Waals surface area contributed by atoms with Crippen LogP contribution in [0.15, 0.2) is 23.7 Å². The smallest absolute Gasteiger partial charge is 0.254 e. The Morgan fingerprint density at radius 3 is 2.80 bits per heavy atom. The van der Waals surface area contributed by atoms with E-state index in [1.807, 2.05) is 25.3 Å². The number of thiophene rings is 1. The summed E-state index contributed by atoms with van der Waals surface area (Å²) in [6.45, 7) is 3.67. The summed E-state index contributed by atoms with van der Waals surface area (Å²) in [6, 6.07) is 3.43. The standard InChI is InChI=1S/C14H17N3O2S/c1-9(7-12(18)13-5-4-6-20-13)16-14(19)11-8-15-17(3)10(11)2/h4-6,8-9H,7H2,1-3H3,(H,16,19)/t9-/m1/s1. The van der Waals surface area contributed by atoms with Crippen LogP contribution in [-0.2, 0) is 7.05 Å². The van der Waals surface area contributed by atoms with E-state index in [0.717, 1.165) is 10.6 Å². The molecule has 2 heterocycles. The molecule has 1 N–H and O–H groups in total. The number of amides is 1. The molecule has 2 aromatic heterocycles. The average molecular weight is 291 g/mol. The first-order valence-corrected chi connectivity index (χ1v) is 7.23. The fourth-order valence-electron chi connectivity index (χ4n) is 1.89. The van der Waals surface area contributed by atoms with Crippen LogP contribution in [0.5, 0.6) is 0 Å². The van der Waals surface area contributed by atoms with Crippen LogP contribution in [0.25, 0.3) is 0 Å². The Balaban J connectivity index is 1.95. The van der Waals surface area contributed by atoms with Gasteiger partial charge in [-0.1, -0.05) is 6.07 Å². The van der Waals surface area contributed by atoms with E-state index < -0.39 is 0 Å². The Hall–Kier alpha value is -1.95. The van der Waals surface area contributed by atoms with Gasteiger partial charge in [-0.25, -0.2) is 0 Å². The third-order valence-corrected chi connectivity index (χ3v) is 4.06. The zero-order valence-electron chi connectivity index (χ0n) is 11.7. The molecule has 0 saturated heterocycles. The van der Waals surface area contributed by atoms with Gasteiger partial charge in [-0.05, 0) is 25.3 Å². The largest absolute Gasteiger partial charge is 0.349 e. The van der Waals surface area contributed by atoms with Crippen molar-refractivity contribution < 1.29 is 9.59 Å². The maximum atomic E-state index is 12.1. The summed E-state index contributed by atoms with van der Waals surface area (Å²) in [5.74, 6) is -0.141. The van der Waals surface area contributed by atoms with E-state index in [1.165, 1.54) is 11.3 Å². The van der Waals surface area contributed by atoms with E-state index in [1.54, 1.807) is 24.0 Å². The van der Waals surface area contributed by atoms with Crippen LogP contribution >= 0.6 is 11.3 Å². The fourth-order valence-corrected chi connectivity index (χ4v) is 2.57. The molecule has 0 aliphatic rings. The van der Waals surface area contributed by atoms with Crippen LogP contribution in [-0.4, -0.2) is 27.5 Å². The van der Waals surface area contributed by atoms with Crippen LogP contribution in [0, 0.1) is 6.92 Å². The third-order valence-electron chi connectivity index (χ3n) is 3.14. The van der Waals surface area contributed by atoms with Gasteiger partial charge in [0.2, 0.25) is 0 Å². The monoisotopic (exact) mass is 291 g/mol. The van der Waals surface area contributed by atoms with Crippen molar-refractivity contribution >= 4 is 23.0 Å². The van der Waals surface area contributed by atoms with Crippen LogP contribution in [0.4, 0.5) is 0 Å². The van der Waals surface area contributed by atoms with E-state index >= 15 is 0 Å². The molecule has 0 saturated carbocycles. The van der Waals surface area contributed by atoms with Gasteiger partial charge in [-0.15, -0.1) is 11.3 Å². The van der Waals surface area contributed by atoms with Gasteiger partial charge >= 0.3 is 0 Å². The molecule has 0 bridgehead atoms. The van der Waals surface area contributed by atoms with Gasteiger partial charge in [-0.3, -0.25) is 14.3 Å². The second kappa shape index (κ2) is 6.00. The molecule has 0 aliphatic carbocycles. The van der Waals surface area contributed by atoms with Crippen LogP contribution in [0.2, 0.25) is 0 Å². The van der Waals surface area contributed by atoms with E-state index in [-0.39, 0.29) is 17.7 Å². The van der Waals surface area contributed by atoms with Gasteiger partial charge < -0.3 is 5.32 Å². The number of ketones is 1. The van der Waals surface area contributed by atoms with Crippen molar-refractivity contribution in [3.63, 3.8) is 0 Å². The number of aryl methyl sites for hydroxylation is 1. The zero-order valence-corrected chi connectivity index (χ0v) is 12.5. The average Bonchev–Trinajstić information content (AvgIpc) is 3.01. The van der Waals surface area contributed by atoms with E-state index in [0.29, 0.717) is 12.0 Å². The highest BCUT2D eigenvalue weighted by atomic mass is 32.1. The summed E-state index contributed by atoms with van der Waals surface area (Å²) in [4.78, 5) is 24.8. The number of aromatic nitrogens is 2. The predicted octanol–water partition coefficient (Wildman–Crippen LogP) is 2.18. The first-order valence-electron chi connectivity index (χ1n) is 6.35. The molecule has 0 aromatic carbocycles. The number of hydrogen-bond donors (Lipinski definition) is 1. The highest BCUT2D eigenvalue weighted by Gasteiger charge is 2.17. The molecule has 5 nitrogen and oxygen atoms in total. The number of carbonyl (C=O) groups excluding carboxylic acids is 2. The molecule has 0 aliphatic heterocycles. The number of rotatable bonds is 5. The van der Waals surface area contributed by atoms with Crippen molar-refractivity contribution in [1.82, 2.24) is 15.1 Å². The Bertz CT molecular complexity index is 616. The molecule has 1 atom stereocenters. The topological polar surface area (TPSA) is 64.0 Å². The first-order chi connectivity index (χ1) is 9.49. The predicted molar refractivity (Wildman–Crippen MR) is 78.1 cm³/mol. The second-order valence-electron chi connectivity index (χ2n) is 4.75. The molecule has 0 unspecified atom stereocenters. The van der Waals surface area contributed by atoms with Gasteiger partial charge in [0.25, 0.3) is 5.91 Å². The zero-order chi connectivity index (χ0) is 14.7. The molecule has 0 radical (unpaired) electrons. The number of nitrogens with one attached hydrogen (secondary N) is 1. The minimum Gasteiger partial charge on any atom is -0.349 e. The van der Waals surface area contributed by atoms with Crippen molar-refractivity contribution in [2.45, 2.75) is 26.3 Å². The van der Waals surface area contributed by atoms with Crippen LogP contribution in [0.3, 0.4) is 0 Å². The summed E-state index contributed by atoms with van der Waals surface area (Å²) in [6.07, 6.45) is 1.84. The number of hydrogen-bond acceptors (Lipinski definition) is 4. The summed E-state index contributed by atoms with van der Waals surface area (Å²) in [5, 5.41) is 8.74. The van der Waals surface area contributed by atoms with Crippen LogP contribution in [0.1, 0.15) is 39.1 Å². The maximum Gasteiger partial charge on any atom is 0.254 e. The maximum absolute atomic E-state index is 12.1. The lowest BCUT2D eigenvalue weighted by Crippen LogP contribution is -2.34. The minimum absolute atomic E-state index is 0.0516. The number of carbonyl (C=O) groups is 2. The quantitative estimate of drug-likeness (QED) is 0.859. The first kappa shape index (κ1) is 14.5. The van der Waals surface area contributed by atoms with Gasteiger partial charge in [0.1, 0.15) is 0 Å². The Kier molecular flexibility index (Phi) is 4.34. The van der Waals surface area contributed by atoms with E-state index in [9.17, 15) is 9.59 Å². The summed E-state index contributed by atoms with van der Waals surface area (Å²) in [7, 11) is 1.79. The molecule has 0 fully saturated rings. The lowest BCUT2D eigenvalue weighted by molar-refractivity contribution is 0.0919. The van der Waals surface area contributed by atoms with E-state index in [4.69, 9.17) is 0 Å². The molecular weight excluding hydrogens is 274 g/mol. The second-order valence-corrected chi connectivity index (χ2v) is 5.69. The molecule has 106 valence electrons. The summed E-state index contributed by atoms with van der Waals surface area (Å²) in [5.41, 5.74) is 1.35. The Labute approximate surface area is 121 Å². The fraction of sp³-hybridized carbons (Fsp3) is 0.357. The van der Waals surface area contributed by atoms with E-state index in [2.05, 4.69) is 10.4 Å². The van der Waals surface area contributed by atoms with Gasteiger partial charge in [0.05, 0.1) is 16.6 Å². The van der Waals surface area contributed by atoms with Crippen LogP contribution < -0.4 is 5.32 Å². The van der Waals surface area contributed by atoms with Crippen molar-refractivity contribution in [3.05, 3.63) is 39.8 Å². The van der Waals surface area contributed by atoms with Gasteiger partial charge in [0, 0.05) is 25.2 Å². The number of nitrogens with zero attached hydrogens (tertiary/aromatic N) is 2. The Morgan fingerprint density at radius 1 is 1.50 bits per heavy atom. The number of Topliss-reactive ketones (excluding diaryl/α,β-unsaturated/α-hetero) is 1. The SMILES string of the molecule is Cc1c(C(=O)N[C@H](C)CC(=O)c2cccs2)cnn1C. The molecule has 20 heavy (non-hydrogen) atoms. The molecule has 2 rings (SSSR count). The molecule has 0 spiro atoms. The lowest BCUT2D eigenvalue weighted by Gasteiger charge is -2.12. The van der Waals surface area contributed by atoms with Gasteiger partial charge in [-0.2, -0.15) is 5.10 Å².